The van der Waals surface area contributed by atoms with Gasteiger partial charge in [0.05, 0.1) is 11.1 Å². The van der Waals surface area contributed by atoms with E-state index in [4.69, 9.17) is 28.9 Å². The number of halogens is 2. The van der Waals surface area contributed by atoms with E-state index < -0.39 is 0 Å². The van der Waals surface area contributed by atoms with Gasteiger partial charge in [-0.2, -0.15) is 10.5 Å². The van der Waals surface area contributed by atoms with Crippen LogP contribution in [0.4, 0.5) is 5.82 Å². The van der Waals surface area contributed by atoms with Gasteiger partial charge < -0.3 is 5.73 Å². The van der Waals surface area contributed by atoms with Gasteiger partial charge in [-0.3, -0.25) is 0 Å². The van der Waals surface area contributed by atoms with Crippen LogP contribution in [0.25, 0.3) is 22.0 Å². The van der Waals surface area contributed by atoms with Crippen molar-refractivity contribution in [1.82, 2.24) is 9.97 Å². The predicted octanol–water partition coefficient (Wildman–Crippen LogP) is 6.39. The summed E-state index contributed by atoms with van der Waals surface area (Å²) in [5, 5.41) is 21.6. The van der Waals surface area contributed by atoms with Crippen molar-refractivity contribution in [3.63, 3.8) is 0 Å². The van der Waals surface area contributed by atoms with Crippen molar-refractivity contribution in [2.75, 3.05) is 5.73 Å². The lowest BCUT2D eigenvalue weighted by molar-refractivity contribution is 1.11. The number of hydrogen-bond acceptors (Lipinski definition) is 6. The molecule has 2 aromatic carbocycles. The molecule has 0 aliphatic heterocycles. The maximum absolute atomic E-state index is 10.0. The third-order valence-corrected chi connectivity index (χ3v) is 6.17. The van der Waals surface area contributed by atoms with E-state index in [9.17, 15) is 10.5 Å². The third-order valence-electron chi connectivity index (χ3n) is 4.65. The fourth-order valence-electron chi connectivity index (χ4n) is 3.16. The van der Waals surface area contributed by atoms with Crippen LogP contribution in [0.2, 0.25) is 10.2 Å². The van der Waals surface area contributed by atoms with Crippen molar-refractivity contribution in [3.8, 4) is 23.3 Å². The van der Waals surface area contributed by atoms with Crippen LogP contribution in [0.3, 0.4) is 0 Å². The molecule has 0 atom stereocenters. The predicted molar refractivity (Wildman–Crippen MR) is 124 cm³/mol. The van der Waals surface area contributed by atoms with Crippen molar-refractivity contribution in [2.45, 2.75) is 16.8 Å². The van der Waals surface area contributed by atoms with Gasteiger partial charge in [-0.25, -0.2) is 9.97 Å². The Bertz CT molecular complexity index is 1420. The molecule has 0 amide bonds. The Hall–Kier alpha value is -3.29. The molecule has 5 nitrogen and oxygen atoms in total. The number of nitrogen functional groups attached to an aromatic ring is 1. The first-order valence-corrected chi connectivity index (χ1v) is 10.6. The van der Waals surface area contributed by atoms with Gasteiger partial charge in [-0.15, -0.1) is 0 Å². The minimum absolute atomic E-state index is 0.0216. The first-order valence-electron chi connectivity index (χ1n) is 9.05. The largest absolute Gasteiger partial charge is 0.383 e. The van der Waals surface area contributed by atoms with Crippen LogP contribution in [-0.4, -0.2) is 9.97 Å². The minimum Gasteiger partial charge on any atom is -0.383 e. The molecule has 0 saturated carbocycles. The van der Waals surface area contributed by atoms with E-state index >= 15 is 0 Å². The second-order valence-corrected chi connectivity index (χ2v) is 8.59. The standard InChI is InChI=1S/C23H13Cl2N5S/c1-12-2-5-15(6-3-12)31-23-18(11-27)20(17(10-26)22(28)30-23)16-9-13-8-14(24)4-7-19(13)29-21(16)25/h2-9H,1H3,(H2,28,30). The molecule has 0 aliphatic carbocycles. The van der Waals surface area contributed by atoms with Gasteiger partial charge in [0.25, 0.3) is 0 Å². The fourth-order valence-corrected chi connectivity index (χ4v) is 4.47. The van der Waals surface area contributed by atoms with E-state index in [0.717, 1.165) is 15.8 Å². The summed E-state index contributed by atoms with van der Waals surface area (Å²) in [4.78, 5) is 9.64. The smallest absolute Gasteiger partial charge is 0.143 e. The Morgan fingerprint density at radius 2 is 1.65 bits per heavy atom. The quantitative estimate of drug-likeness (QED) is 0.354. The highest BCUT2D eigenvalue weighted by Crippen LogP contribution is 2.41. The lowest BCUT2D eigenvalue weighted by atomic mass is 9.97. The normalized spacial score (nSPS) is 10.6. The number of nitriles is 2. The second-order valence-electron chi connectivity index (χ2n) is 6.73. The molecule has 0 fully saturated rings. The zero-order chi connectivity index (χ0) is 22.1. The number of anilines is 1. The van der Waals surface area contributed by atoms with Crippen LogP contribution in [0, 0.1) is 29.6 Å². The molecule has 0 unspecified atom stereocenters. The number of aromatic nitrogens is 2. The first kappa shape index (κ1) is 21.0. The van der Waals surface area contributed by atoms with Crippen LogP contribution in [-0.2, 0) is 0 Å². The van der Waals surface area contributed by atoms with Gasteiger partial charge in [-0.1, -0.05) is 52.7 Å². The van der Waals surface area contributed by atoms with Crippen LogP contribution in [0.15, 0.2) is 58.5 Å². The summed E-state index contributed by atoms with van der Waals surface area (Å²) in [5.74, 6) is 0.0216. The molecule has 2 heterocycles. The van der Waals surface area contributed by atoms with Crippen molar-refractivity contribution >= 4 is 51.7 Å². The van der Waals surface area contributed by atoms with E-state index in [0.29, 0.717) is 26.7 Å². The van der Waals surface area contributed by atoms with Gasteiger partial charge in [0, 0.05) is 26.4 Å². The van der Waals surface area contributed by atoms with Gasteiger partial charge in [0.2, 0.25) is 0 Å². The maximum atomic E-state index is 10.0. The third kappa shape index (κ3) is 4.02. The molecule has 150 valence electrons. The average molecular weight is 462 g/mol. The molecule has 0 saturated heterocycles. The van der Waals surface area contributed by atoms with E-state index in [1.807, 2.05) is 31.2 Å². The molecule has 4 aromatic rings. The molecule has 0 bridgehead atoms. The minimum atomic E-state index is 0.0216. The number of aryl methyl sites for hydroxylation is 1. The summed E-state index contributed by atoms with van der Waals surface area (Å²) >= 11 is 13.9. The Kier molecular flexibility index (Phi) is 5.71. The van der Waals surface area contributed by atoms with Gasteiger partial charge in [0.1, 0.15) is 33.7 Å². The molecule has 0 radical (unpaired) electrons. The number of nitrogens with zero attached hydrogens (tertiary/aromatic N) is 4. The maximum Gasteiger partial charge on any atom is 0.143 e. The van der Waals surface area contributed by atoms with Crippen LogP contribution in [0.1, 0.15) is 16.7 Å². The summed E-state index contributed by atoms with van der Waals surface area (Å²) in [5.41, 5.74) is 8.90. The van der Waals surface area contributed by atoms with E-state index in [-0.39, 0.29) is 22.1 Å². The zero-order valence-corrected chi connectivity index (χ0v) is 18.5. The monoisotopic (exact) mass is 461 g/mol. The topological polar surface area (TPSA) is 99.4 Å². The molecule has 2 aromatic heterocycles. The average Bonchev–Trinajstić information content (AvgIpc) is 2.75. The van der Waals surface area contributed by atoms with Gasteiger partial charge >= 0.3 is 0 Å². The highest BCUT2D eigenvalue weighted by molar-refractivity contribution is 7.99. The number of benzene rings is 2. The molecule has 31 heavy (non-hydrogen) atoms. The molecular formula is C23H13Cl2N5S. The molecule has 0 spiro atoms. The van der Waals surface area contributed by atoms with Crippen LogP contribution in [0.5, 0.6) is 0 Å². The van der Waals surface area contributed by atoms with E-state index in [1.165, 1.54) is 11.8 Å². The second kappa shape index (κ2) is 8.45. The number of nitrogens with two attached hydrogens (primary N) is 1. The Balaban J connectivity index is 1.99. The van der Waals surface area contributed by atoms with Crippen molar-refractivity contribution in [2.24, 2.45) is 0 Å². The van der Waals surface area contributed by atoms with E-state index in [2.05, 4.69) is 22.1 Å². The van der Waals surface area contributed by atoms with Gasteiger partial charge in [-0.05, 0) is 43.3 Å². The molecule has 0 aliphatic rings. The summed E-state index contributed by atoms with van der Waals surface area (Å²) in [7, 11) is 0. The highest BCUT2D eigenvalue weighted by Gasteiger charge is 2.23. The molecular weight excluding hydrogens is 449 g/mol. The lowest BCUT2D eigenvalue weighted by Crippen LogP contribution is -2.04. The number of rotatable bonds is 3. The number of pyridine rings is 2. The van der Waals surface area contributed by atoms with E-state index in [1.54, 1.807) is 24.3 Å². The van der Waals surface area contributed by atoms with Crippen molar-refractivity contribution in [3.05, 3.63) is 75.4 Å². The summed E-state index contributed by atoms with van der Waals surface area (Å²) in [6.45, 7) is 1.99. The number of fused-ring (bicyclic) bond motifs is 1. The van der Waals surface area contributed by atoms with Crippen molar-refractivity contribution < 1.29 is 0 Å². The van der Waals surface area contributed by atoms with Gasteiger partial charge in [0.15, 0.2) is 0 Å². The Morgan fingerprint density at radius 1 is 0.935 bits per heavy atom. The molecule has 2 N–H and O–H groups in total. The van der Waals surface area contributed by atoms with Crippen LogP contribution >= 0.6 is 35.0 Å². The summed E-state index contributed by atoms with van der Waals surface area (Å²) < 4.78 is 0. The molecule has 4 rings (SSSR count). The summed E-state index contributed by atoms with van der Waals surface area (Å²) in [6, 6.07) is 19.0. The zero-order valence-electron chi connectivity index (χ0n) is 16.1. The molecule has 8 heteroatoms. The SMILES string of the molecule is Cc1ccc(Sc2nc(N)c(C#N)c(-c3cc4cc(Cl)ccc4nc3Cl)c2C#N)cc1. The lowest BCUT2D eigenvalue weighted by Gasteiger charge is -2.14. The fraction of sp³-hybridized carbons (Fsp3) is 0.0435. The Labute approximate surface area is 193 Å². The van der Waals surface area contributed by atoms with Crippen molar-refractivity contribution in [1.29, 1.82) is 10.5 Å². The highest BCUT2D eigenvalue weighted by atomic mass is 35.5. The first-order chi connectivity index (χ1) is 14.9. The Morgan fingerprint density at radius 3 is 2.32 bits per heavy atom. The van der Waals surface area contributed by atoms with Crippen LogP contribution < -0.4 is 5.73 Å². The number of hydrogen-bond donors (Lipinski definition) is 1. The summed E-state index contributed by atoms with van der Waals surface area (Å²) in [6.07, 6.45) is 0.